The van der Waals surface area contributed by atoms with Gasteiger partial charge in [0, 0.05) is 15.6 Å². The largest absolute Gasteiger partial charge is 0.504 e. The molecule has 5 nitrogen and oxygen atoms in total. The second-order valence-electron chi connectivity index (χ2n) is 4.34. The van der Waals surface area contributed by atoms with E-state index in [0.717, 1.165) is 4.47 Å². The van der Waals surface area contributed by atoms with Gasteiger partial charge in [0.1, 0.15) is 0 Å². The van der Waals surface area contributed by atoms with Gasteiger partial charge >= 0.3 is 0 Å². The molecular formula is C16H15BrN2O3. The number of amides is 1. The lowest BCUT2D eigenvalue weighted by atomic mass is 10.2. The lowest BCUT2D eigenvalue weighted by molar-refractivity contribution is 0.0955. The maximum absolute atomic E-state index is 11.8. The Balaban J connectivity index is 2.12. The molecule has 0 atom stereocenters. The van der Waals surface area contributed by atoms with Crippen LogP contribution in [0.25, 0.3) is 0 Å². The normalized spacial score (nSPS) is 10.6. The summed E-state index contributed by atoms with van der Waals surface area (Å²) in [4.78, 5) is 11.8. The van der Waals surface area contributed by atoms with Gasteiger partial charge in [-0.1, -0.05) is 34.1 Å². The van der Waals surface area contributed by atoms with E-state index in [9.17, 15) is 9.90 Å². The number of nitrogens with zero attached hydrogens (tertiary/aromatic N) is 1. The monoisotopic (exact) mass is 362 g/mol. The molecule has 0 heterocycles. The summed E-state index contributed by atoms with van der Waals surface area (Å²) >= 11 is 3.33. The Morgan fingerprint density at radius 2 is 2.09 bits per heavy atom. The Labute approximate surface area is 136 Å². The third-order valence-corrected chi connectivity index (χ3v) is 3.23. The molecule has 2 aromatic rings. The average molecular weight is 363 g/mol. The van der Waals surface area contributed by atoms with Gasteiger partial charge in [0.2, 0.25) is 0 Å². The van der Waals surface area contributed by atoms with Crippen LogP contribution in [0.4, 0.5) is 0 Å². The van der Waals surface area contributed by atoms with Gasteiger partial charge in [-0.3, -0.25) is 4.79 Å². The van der Waals surface area contributed by atoms with Gasteiger partial charge in [0.15, 0.2) is 11.5 Å². The first-order valence-electron chi connectivity index (χ1n) is 6.65. The maximum Gasteiger partial charge on any atom is 0.271 e. The van der Waals surface area contributed by atoms with Crippen LogP contribution in [-0.2, 0) is 0 Å². The van der Waals surface area contributed by atoms with Crippen LogP contribution in [-0.4, -0.2) is 23.8 Å². The summed E-state index contributed by atoms with van der Waals surface area (Å²) in [7, 11) is 0. The third-order valence-electron chi connectivity index (χ3n) is 2.77. The van der Waals surface area contributed by atoms with Crippen molar-refractivity contribution in [2.45, 2.75) is 6.92 Å². The molecule has 0 saturated carbocycles. The van der Waals surface area contributed by atoms with Crippen LogP contribution in [0.15, 0.2) is 52.0 Å². The Hall–Kier alpha value is -2.34. The minimum Gasteiger partial charge on any atom is -0.504 e. The zero-order chi connectivity index (χ0) is 15.9. The number of halogens is 1. The molecule has 0 aliphatic rings. The first-order valence-corrected chi connectivity index (χ1v) is 7.45. The molecule has 0 aliphatic heterocycles. The number of benzene rings is 2. The van der Waals surface area contributed by atoms with Gasteiger partial charge < -0.3 is 9.84 Å². The van der Waals surface area contributed by atoms with Crippen molar-refractivity contribution >= 4 is 28.1 Å². The zero-order valence-corrected chi connectivity index (χ0v) is 13.5. The van der Waals surface area contributed by atoms with Crippen LogP contribution in [0.5, 0.6) is 11.5 Å². The standard InChI is InChI=1S/C16H15BrN2O3/c1-2-22-14-9-13(17)8-12(15(14)20)10-18-19-16(21)11-6-4-3-5-7-11/h3-10,20H,2H2,1H3,(H,19,21)/b18-10+. The summed E-state index contributed by atoms with van der Waals surface area (Å²) in [5, 5.41) is 13.9. The molecule has 0 saturated heterocycles. The highest BCUT2D eigenvalue weighted by atomic mass is 79.9. The smallest absolute Gasteiger partial charge is 0.271 e. The summed E-state index contributed by atoms with van der Waals surface area (Å²) < 4.78 is 6.07. The van der Waals surface area contributed by atoms with Gasteiger partial charge in [-0.2, -0.15) is 5.10 Å². The molecule has 2 N–H and O–H groups in total. The van der Waals surface area contributed by atoms with E-state index in [-0.39, 0.29) is 11.7 Å². The van der Waals surface area contributed by atoms with Gasteiger partial charge in [-0.25, -0.2) is 5.43 Å². The van der Waals surface area contributed by atoms with E-state index < -0.39 is 0 Å². The molecule has 114 valence electrons. The Morgan fingerprint density at radius 3 is 2.77 bits per heavy atom. The van der Waals surface area contributed by atoms with Crippen LogP contribution in [0.2, 0.25) is 0 Å². The second kappa shape index (κ2) is 7.61. The van der Waals surface area contributed by atoms with E-state index >= 15 is 0 Å². The summed E-state index contributed by atoms with van der Waals surface area (Å²) in [6.45, 7) is 2.26. The van der Waals surface area contributed by atoms with Gasteiger partial charge in [0.25, 0.3) is 5.91 Å². The molecule has 0 aliphatic carbocycles. The topological polar surface area (TPSA) is 70.9 Å². The molecule has 0 bridgehead atoms. The fourth-order valence-electron chi connectivity index (χ4n) is 1.77. The number of hydrazone groups is 1. The fourth-order valence-corrected chi connectivity index (χ4v) is 2.23. The zero-order valence-electron chi connectivity index (χ0n) is 11.9. The van der Waals surface area contributed by atoms with Crippen LogP contribution >= 0.6 is 15.9 Å². The van der Waals surface area contributed by atoms with Crippen molar-refractivity contribution in [3.63, 3.8) is 0 Å². The predicted molar refractivity (Wildman–Crippen MR) is 88.5 cm³/mol. The second-order valence-corrected chi connectivity index (χ2v) is 5.26. The summed E-state index contributed by atoms with van der Waals surface area (Å²) in [6, 6.07) is 12.1. The maximum atomic E-state index is 11.8. The fraction of sp³-hybridized carbons (Fsp3) is 0.125. The van der Waals surface area contributed by atoms with Crippen LogP contribution in [0, 0.1) is 0 Å². The van der Waals surface area contributed by atoms with E-state index in [1.54, 1.807) is 36.4 Å². The third kappa shape index (κ3) is 4.08. The number of nitrogens with one attached hydrogen (secondary N) is 1. The minimum atomic E-state index is -0.323. The molecule has 0 unspecified atom stereocenters. The summed E-state index contributed by atoms with van der Waals surface area (Å²) in [6.07, 6.45) is 1.36. The molecule has 2 rings (SSSR count). The molecule has 22 heavy (non-hydrogen) atoms. The number of ether oxygens (including phenoxy) is 1. The molecule has 0 spiro atoms. The number of phenolic OH excluding ortho intramolecular Hbond substituents is 1. The van der Waals surface area contributed by atoms with Gasteiger partial charge in [0.05, 0.1) is 12.8 Å². The van der Waals surface area contributed by atoms with E-state index in [1.165, 1.54) is 6.21 Å². The van der Waals surface area contributed by atoms with Crippen LogP contribution in [0.3, 0.4) is 0 Å². The highest BCUT2D eigenvalue weighted by molar-refractivity contribution is 9.10. The van der Waals surface area contributed by atoms with Crippen molar-refractivity contribution in [2.24, 2.45) is 5.10 Å². The first-order chi connectivity index (χ1) is 10.6. The van der Waals surface area contributed by atoms with E-state index in [1.807, 2.05) is 13.0 Å². The van der Waals surface area contributed by atoms with Crippen molar-refractivity contribution in [1.29, 1.82) is 0 Å². The lowest BCUT2D eigenvalue weighted by Crippen LogP contribution is -2.17. The van der Waals surface area contributed by atoms with Crippen molar-refractivity contribution in [2.75, 3.05) is 6.61 Å². The minimum absolute atomic E-state index is 0.0252. The van der Waals surface area contributed by atoms with Crippen molar-refractivity contribution in [1.82, 2.24) is 5.43 Å². The first kappa shape index (κ1) is 16.0. The quantitative estimate of drug-likeness (QED) is 0.633. The Morgan fingerprint density at radius 1 is 1.36 bits per heavy atom. The number of aromatic hydroxyl groups is 1. The molecule has 0 fully saturated rings. The number of hydrogen-bond acceptors (Lipinski definition) is 4. The molecule has 1 amide bonds. The summed E-state index contributed by atoms with van der Waals surface area (Å²) in [5.41, 5.74) is 3.35. The van der Waals surface area contributed by atoms with E-state index in [0.29, 0.717) is 23.5 Å². The number of rotatable bonds is 5. The number of phenols is 1. The van der Waals surface area contributed by atoms with Crippen molar-refractivity contribution < 1.29 is 14.6 Å². The van der Waals surface area contributed by atoms with Gasteiger partial charge in [-0.05, 0) is 31.2 Å². The molecule has 0 aromatic heterocycles. The Kier molecular flexibility index (Phi) is 5.55. The van der Waals surface area contributed by atoms with Gasteiger partial charge in [-0.15, -0.1) is 0 Å². The number of carbonyl (C=O) groups excluding carboxylic acids is 1. The molecule has 6 heteroatoms. The van der Waals surface area contributed by atoms with Crippen molar-refractivity contribution in [3.05, 3.63) is 58.1 Å². The Bertz CT molecular complexity index is 687. The summed E-state index contributed by atoms with van der Waals surface area (Å²) in [5.74, 6) is 0.00633. The van der Waals surface area contributed by atoms with Crippen LogP contribution in [0.1, 0.15) is 22.8 Å². The lowest BCUT2D eigenvalue weighted by Gasteiger charge is -2.08. The number of hydrogen-bond donors (Lipinski definition) is 2. The average Bonchev–Trinajstić information content (AvgIpc) is 2.52. The van der Waals surface area contributed by atoms with E-state index in [2.05, 4.69) is 26.5 Å². The van der Waals surface area contributed by atoms with Crippen LogP contribution < -0.4 is 10.2 Å². The molecule has 2 aromatic carbocycles. The van der Waals surface area contributed by atoms with E-state index in [4.69, 9.17) is 4.74 Å². The molecular weight excluding hydrogens is 348 g/mol. The highest BCUT2D eigenvalue weighted by Crippen LogP contribution is 2.32. The number of carbonyl (C=O) groups is 1. The SMILES string of the molecule is CCOc1cc(Br)cc(/C=N/NC(=O)c2ccccc2)c1O. The predicted octanol–water partition coefficient (Wildman–Crippen LogP) is 3.32. The highest BCUT2D eigenvalue weighted by Gasteiger charge is 2.09. The molecule has 0 radical (unpaired) electrons. The van der Waals surface area contributed by atoms with Crippen molar-refractivity contribution in [3.8, 4) is 11.5 Å².